The highest BCUT2D eigenvalue weighted by molar-refractivity contribution is 5.85. The smallest absolute Gasteiger partial charge is 0.408 e. The number of nitrogens with one attached hydrogen (secondary N) is 2. The molecule has 1 unspecified atom stereocenters. The molecule has 2 aromatic rings. The van der Waals surface area contributed by atoms with E-state index in [0.717, 1.165) is 12.2 Å². The van der Waals surface area contributed by atoms with Gasteiger partial charge in [0.15, 0.2) is 5.58 Å². The zero-order valence-electron chi connectivity index (χ0n) is 12.4. The minimum atomic E-state index is -0.467. The second-order valence-electron chi connectivity index (χ2n) is 5.71. The maximum absolute atomic E-state index is 11.2. The summed E-state index contributed by atoms with van der Waals surface area (Å²) in [5, 5.41) is 3.45. The Bertz CT molecular complexity index is 642. The van der Waals surface area contributed by atoms with Gasteiger partial charge in [-0.15, -0.1) is 0 Å². The lowest BCUT2D eigenvalue weighted by atomic mass is 10.0. The lowest BCUT2D eigenvalue weighted by Crippen LogP contribution is -2.36. The number of anilines is 2. The zero-order chi connectivity index (χ0) is 14.9. The van der Waals surface area contributed by atoms with E-state index in [1.165, 1.54) is 0 Å². The third kappa shape index (κ3) is 3.14. The summed E-state index contributed by atoms with van der Waals surface area (Å²) in [6.45, 7) is 5.22. The van der Waals surface area contributed by atoms with E-state index in [1.807, 2.05) is 20.2 Å². The Morgan fingerprint density at radius 2 is 2.10 bits per heavy atom. The van der Waals surface area contributed by atoms with E-state index in [4.69, 9.17) is 10.2 Å². The molecule has 4 N–H and O–H groups in total. The Hall–Kier alpha value is -1.95. The summed E-state index contributed by atoms with van der Waals surface area (Å²) in [4.78, 5) is 16.0. The van der Waals surface area contributed by atoms with Crippen molar-refractivity contribution < 1.29 is 4.42 Å². The van der Waals surface area contributed by atoms with Crippen molar-refractivity contribution in [1.29, 1.82) is 0 Å². The number of nitrogen functional groups attached to an aromatic ring is 1. The third-order valence-corrected chi connectivity index (χ3v) is 3.30. The zero-order valence-corrected chi connectivity index (χ0v) is 12.4. The van der Waals surface area contributed by atoms with Crippen molar-refractivity contribution >= 4 is 22.5 Å². The first kappa shape index (κ1) is 14.5. The Morgan fingerprint density at radius 1 is 1.40 bits per heavy atom. The molecule has 0 radical (unpaired) electrons. The fourth-order valence-corrected chi connectivity index (χ4v) is 2.15. The molecule has 6 nitrogen and oxygen atoms in total. The predicted molar refractivity (Wildman–Crippen MR) is 82.0 cm³/mol. The van der Waals surface area contributed by atoms with Gasteiger partial charge in [-0.1, -0.05) is 13.8 Å². The molecule has 110 valence electrons. The number of aromatic amines is 1. The number of hydrogen-bond acceptors (Lipinski definition) is 5. The van der Waals surface area contributed by atoms with E-state index in [1.54, 1.807) is 6.07 Å². The number of hydrogen-bond donors (Lipinski definition) is 3. The molecule has 0 aliphatic heterocycles. The summed E-state index contributed by atoms with van der Waals surface area (Å²) in [5.41, 5.74) is 8.54. The largest absolute Gasteiger partial charge is 0.417 e. The van der Waals surface area contributed by atoms with Crippen LogP contribution in [0.5, 0.6) is 0 Å². The van der Waals surface area contributed by atoms with E-state index >= 15 is 0 Å². The van der Waals surface area contributed by atoms with Gasteiger partial charge in [0, 0.05) is 18.7 Å². The summed E-state index contributed by atoms with van der Waals surface area (Å²) in [6, 6.07) is 3.76. The number of aromatic nitrogens is 1. The fraction of sp³-hybridized carbons (Fsp3) is 0.500. The van der Waals surface area contributed by atoms with Crippen molar-refractivity contribution in [2.75, 3.05) is 31.7 Å². The van der Waals surface area contributed by atoms with Gasteiger partial charge < -0.3 is 20.4 Å². The minimum absolute atomic E-state index is 0.267. The molecule has 1 heterocycles. The molecule has 1 atom stereocenters. The van der Waals surface area contributed by atoms with Crippen LogP contribution >= 0.6 is 0 Å². The number of nitrogens with two attached hydrogens (primary N) is 1. The number of H-pyrrole nitrogens is 1. The van der Waals surface area contributed by atoms with Gasteiger partial charge in [0.25, 0.3) is 0 Å². The second kappa shape index (κ2) is 5.58. The minimum Gasteiger partial charge on any atom is -0.408 e. The molecule has 1 aromatic carbocycles. The van der Waals surface area contributed by atoms with E-state index in [0.29, 0.717) is 22.7 Å². The number of nitrogens with zero attached hydrogens (tertiary/aromatic N) is 1. The van der Waals surface area contributed by atoms with E-state index in [9.17, 15) is 4.79 Å². The fourth-order valence-electron chi connectivity index (χ4n) is 2.15. The standard InChI is InChI=1S/C14H22N4O2/c1-8(2)12(7-18(3)4)16-10-6-11-13(5-9(10)15)20-14(19)17-11/h5-6,8,12,16H,7,15H2,1-4H3,(H,17,19). The maximum Gasteiger partial charge on any atom is 0.417 e. The summed E-state index contributed by atoms with van der Waals surface area (Å²) >= 11 is 0. The molecule has 0 spiro atoms. The SMILES string of the molecule is CC(C)C(CN(C)C)Nc1cc2[nH]c(=O)oc2cc1N. The molecule has 0 bridgehead atoms. The molecule has 1 aromatic heterocycles. The highest BCUT2D eigenvalue weighted by Crippen LogP contribution is 2.26. The van der Waals surface area contributed by atoms with Crippen LogP contribution in [0.2, 0.25) is 0 Å². The van der Waals surface area contributed by atoms with E-state index < -0.39 is 5.76 Å². The molecule has 0 aliphatic rings. The monoisotopic (exact) mass is 278 g/mol. The maximum atomic E-state index is 11.2. The lowest BCUT2D eigenvalue weighted by Gasteiger charge is -2.27. The Balaban J connectivity index is 2.31. The van der Waals surface area contributed by atoms with Crippen molar-refractivity contribution in [1.82, 2.24) is 9.88 Å². The van der Waals surface area contributed by atoms with Crippen LogP contribution in [-0.2, 0) is 0 Å². The number of rotatable bonds is 5. The van der Waals surface area contributed by atoms with Crippen molar-refractivity contribution in [2.45, 2.75) is 19.9 Å². The molecule has 0 saturated carbocycles. The van der Waals surface area contributed by atoms with Gasteiger partial charge in [0.2, 0.25) is 0 Å². The molecule has 0 aliphatic carbocycles. The average Bonchev–Trinajstić information content (AvgIpc) is 2.67. The Labute approximate surface area is 117 Å². The lowest BCUT2D eigenvalue weighted by molar-refractivity contribution is 0.344. The Kier molecular flexibility index (Phi) is 4.04. The molecular formula is C14H22N4O2. The molecule has 2 rings (SSSR count). The van der Waals surface area contributed by atoms with Crippen LogP contribution in [0.15, 0.2) is 21.3 Å². The van der Waals surface area contributed by atoms with Crippen LogP contribution in [0.3, 0.4) is 0 Å². The third-order valence-electron chi connectivity index (χ3n) is 3.30. The van der Waals surface area contributed by atoms with Gasteiger partial charge >= 0.3 is 5.76 Å². The van der Waals surface area contributed by atoms with Crippen molar-refractivity contribution in [3.05, 3.63) is 22.7 Å². The van der Waals surface area contributed by atoms with Gasteiger partial charge in [0.1, 0.15) is 0 Å². The summed E-state index contributed by atoms with van der Waals surface area (Å²) in [5.74, 6) is -0.0128. The topological polar surface area (TPSA) is 87.3 Å². The quantitative estimate of drug-likeness (QED) is 0.725. The second-order valence-corrected chi connectivity index (χ2v) is 5.71. The van der Waals surface area contributed by atoms with Crippen LogP contribution < -0.4 is 16.8 Å². The molecule has 20 heavy (non-hydrogen) atoms. The Morgan fingerprint density at radius 3 is 2.70 bits per heavy atom. The van der Waals surface area contributed by atoms with Crippen LogP contribution in [0.4, 0.5) is 11.4 Å². The summed E-state index contributed by atoms with van der Waals surface area (Å²) in [6.07, 6.45) is 0. The molecular weight excluding hydrogens is 256 g/mol. The summed E-state index contributed by atoms with van der Waals surface area (Å²) < 4.78 is 4.99. The highest BCUT2D eigenvalue weighted by atomic mass is 16.4. The van der Waals surface area contributed by atoms with Crippen molar-refractivity contribution in [2.24, 2.45) is 5.92 Å². The molecule has 0 fully saturated rings. The first-order valence-electron chi connectivity index (χ1n) is 6.70. The predicted octanol–water partition coefficient (Wildman–Crippen LogP) is 1.70. The number of oxazole rings is 1. The van der Waals surface area contributed by atoms with Crippen molar-refractivity contribution in [3.63, 3.8) is 0 Å². The molecule has 6 heteroatoms. The van der Waals surface area contributed by atoms with Crippen LogP contribution in [0, 0.1) is 5.92 Å². The molecule has 0 saturated heterocycles. The number of benzene rings is 1. The van der Waals surface area contributed by atoms with E-state index in [2.05, 4.69) is 29.0 Å². The van der Waals surface area contributed by atoms with Crippen LogP contribution in [-0.4, -0.2) is 36.6 Å². The highest BCUT2D eigenvalue weighted by Gasteiger charge is 2.16. The first-order valence-corrected chi connectivity index (χ1v) is 6.70. The van der Waals surface area contributed by atoms with E-state index in [-0.39, 0.29) is 6.04 Å². The van der Waals surface area contributed by atoms with Gasteiger partial charge in [0.05, 0.1) is 16.9 Å². The van der Waals surface area contributed by atoms with Crippen molar-refractivity contribution in [3.8, 4) is 0 Å². The first-order chi connectivity index (χ1) is 9.36. The average molecular weight is 278 g/mol. The van der Waals surface area contributed by atoms with Crippen LogP contribution in [0.1, 0.15) is 13.8 Å². The van der Waals surface area contributed by atoms with Gasteiger partial charge in [-0.2, -0.15) is 0 Å². The number of fused-ring (bicyclic) bond motifs is 1. The number of likely N-dealkylation sites (N-methyl/N-ethyl adjacent to an activating group) is 1. The van der Waals surface area contributed by atoms with Gasteiger partial charge in [-0.25, -0.2) is 4.79 Å². The molecule has 0 amide bonds. The van der Waals surface area contributed by atoms with Gasteiger partial charge in [-0.05, 0) is 26.1 Å². The van der Waals surface area contributed by atoms with Crippen LogP contribution in [0.25, 0.3) is 11.1 Å². The normalized spacial score (nSPS) is 13.3. The summed E-state index contributed by atoms with van der Waals surface area (Å²) in [7, 11) is 4.08. The van der Waals surface area contributed by atoms with Gasteiger partial charge in [-0.3, -0.25) is 4.98 Å².